The number of aliphatic hydroxyl groups is 2. The Morgan fingerprint density at radius 1 is 0.814 bits per heavy atom. The highest BCUT2D eigenvalue weighted by Gasteiger charge is 2.72. The van der Waals surface area contributed by atoms with Crippen LogP contribution in [0.2, 0.25) is 0 Å². The molecule has 0 aromatic heterocycles. The summed E-state index contributed by atoms with van der Waals surface area (Å²) in [5.74, 6) is 1.69. The lowest BCUT2D eigenvalue weighted by Crippen LogP contribution is -2.62. The highest BCUT2D eigenvalue weighted by atomic mass is 32.2. The number of hydrogen-bond donors (Lipinski definition) is 2. The van der Waals surface area contributed by atoms with Crippen molar-refractivity contribution in [1.29, 1.82) is 0 Å². The molecule has 7 saturated carbocycles. The van der Waals surface area contributed by atoms with E-state index in [2.05, 4.69) is 27.7 Å². The first-order chi connectivity index (χ1) is 33.1. The Kier molecular flexibility index (Phi) is 13.3. The molecule has 70 heavy (non-hydrogen) atoms. The van der Waals surface area contributed by atoms with Gasteiger partial charge in [0.05, 0.1) is 23.9 Å². The Hall–Kier alpha value is -2.62. The molecule has 3 aliphatic heterocycles. The van der Waals surface area contributed by atoms with Gasteiger partial charge in [0.25, 0.3) is 0 Å². The van der Waals surface area contributed by atoms with Crippen LogP contribution in [0, 0.1) is 63.1 Å². The van der Waals surface area contributed by atoms with Gasteiger partial charge in [0, 0.05) is 74.7 Å². The van der Waals surface area contributed by atoms with Gasteiger partial charge in [0.15, 0.2) is 17.2 Å². The van der Waals surface area contributed by atoms with Crippen LogP contribution >= 0.6 is 11.8 Å². The van der Waals surface area contributed by atoms with E-state index < -0.39 is 23.2 Å². The van der Waals surface area contributed by atoms with Crippen LogP contribution < -0.4 is 0 Å². The summed E-state index contributed by atoms with van der Waals surface area (Å²) in [6.45, 7) is 14.5. The van der Waals surface area contributed by atoms with Gasteiger partial charge >= 0.3 is 17.9 Å². The van der Waals surface area contributed by atoms with Crippen LogP contribution in [0.4, 0.5) is 0 Å². The third-order valence-corrected chi connectivity index (χ3v) is 23.2. The summed E-state index contributed by atoms with van der Waals surface area (Å²) >= 11 is 1.50. The van der Waals surface area contributed by atoms with Gasteiger partial charge in [-0.3, -0.25) is 19.2 Å². The van der Waals surface area contributed by atoms with Crippen molar-refractivity contribution >= 4 is 40.6 Å². The fourth-order valence-corrected chi connectivity index (χ4v) is 19.8. The Labute approximate surface area is 419 Å². The Balaban J connectivity index is 0.000000172. The van der Waals surface area contributed by atoms with Crippen LogP contribution in [-0.2, 0) is 52.4 Å². The van der Waals surface area contributed by atoms with Crippen LogP contribution in [0.5, 0.6) is 0 Å². The third-order valence-electron chi connectivity index (χ3n) is 22.1. The standard InChI is InChI=1S/C32H48O9.C24H32O4S/c1-17-29(35)24(37-5)14-27(39-17)41-21-8-10-30(3)20(13-21)6-7-23-22(30)9-11-31(4)28(19-12-26(34)38-16-19)25(40-18(2)33)15-32(23,31)36;1-14(25)29-19-13-15-12-16(26)4-8-22(15,2)17-5-9-23(3)18(21(17)19)6-10-24(23)11-7-20(27)28-24/h12,17,20-25,27-29,35-36H,6-11,13-16H2,1-5H3;12,17-19,21H,4-11,13H2,1-3H3/t17-,20+,21-,22-,23+,24-,25-,27-,28-,29-,30-,31+,32-;17-,18-,19+,21+,22-,23-,24+/m00/s1. The van der Waals surface area contributed by atoms with Gasteiger partial charge in [-0.15, -0.1) is 0 Å². The third kappa shape index (κ3) is 8.06. The molecule has 11 aliphatic rings. The molecular weight excluding hydrogens is 913 g/mol. The van der Waals surface area contributed by atoms with Crippen molar-refractivity contribution in [3.05, 3.63) is 23.3 Å². The highest BCUT2D eigenvalue weighted by molar-refractivity contribution is 8.14. The minimum Gasteiger partial charge on any atom is -0.462 e. The van der Waals surface area contributed by atoms with Crippen LogP contribution in [-0.4, -0.2) is 106 Å². The maximum absolute atomic E-state index is 12.7. The second-order valence-corrected chi connectivity index (χ2v) is 26.4. The second-order valence-electron chi connectivity index (χ2n) is 25.0. The number of aliphatic hydroxyl groups excluding tert-OH is 1. The number of ketones is 1. The number of methoxy groups -OCH3 is 1. The predicted octanol–water partition coefficient (Wildman–Crippen LogP) is 8.53. The molecule has 0 aromatic carbocycles. The number of rotatable bonds is 6. The van der Waals surface area contributed by atoms with E-state index in [9.17, 15) is 34.2 Å². The summed E-state index contributed by atoms with van der Waals surface area (Å²) in [5, 5.41) is 23.4. The molecule has 11 rings (SSSR count). The monoisotopic (exact) mass is 993 g/mol. The smallest absolute Gasteiger partial charge is 0.331 e. The molecule has 0 bridgehead atoms. The van der Waals surface area contributed by atoms with Crippen LogP contribution in [0.3, 0.4) is 0 Å². The molecule has 20 atom stereocenters. The summed E-state index contributed by atoms with van der Waals surface area (Å²) in [5.41, 5.74) is 0.534. The van der Waals surface area contributed by atoms with E-state index in [4.69, 9.17) is 28.4 Å². The van der Waals surface area contributed by atoms with Gasteiger partial charge in [-0.25, -0.2) is 4.79 Å². The minimum absolute atomic E-state index is 0.0119. The number of carbonyl (C=O) groups is 5. The summed E-state index contributed by atoms with van der Waals surface area (Å²) in [4.78, 5) is 60.6. The molecule has 0 radical (unpaired) electrons. The largest absolute Gasteiger partial charge is 0.462 e. The van der Waals surface area contributed by atoms with Crippen molar-refractivity contribution in [1.82, 2.24) is 0 Å². The second kappa shape index (κ2) is 18.3. The van der Waals surface area contributed by atoms with E-state index in [1.807, 2.05) is 13.0 Å². The summed E-state index contributed by atoms with van der Waals surface area (Å²) < 4.78 is 35.2. The lowest BCUT2D eigenvalue weighted by atomic mass is 9.43. The Bertz CT molecular complexity index is 2190. The average molecular weight is 993 g/mol. The quantitative estimate of drug-likeness (QED) is 0.147. The van der Waals surface area contributed by atoms with Crippen molar-refractivity contribution < 1.29 is 62.6 Å². The van der Waals surface area contributed by atoms with E-state index >= 15 is 0 Å². The molecule has 2 saturated heterocycles. The number of ether oxygens (including phenoxy) is 6. The normalized spacial score (nSPS) is 50.1. The van der Waals surface area contributed by atoms with E-state index in [1.54, 1.807) is 20.1 Å². The first-order valence-electron chi connectivity index (χ1n) is 27.0. The predicted molar refractivity (Wildman–Crippen MR) is 259 cm³/mol. The molecule has 1 spiro atoms. The molecule has 0 unspecified atom stereocenters. The Morgan fingerprint density at radius 3 is 2.24 bits per heavy atom. The van der Waals surface area contributed by atoms with Gasteiger partial charge < -0.3 is 38.6 Å². The number of allylic oxidation sites excluding steroid dienone is 1. The molecular formula is C56H80O13S. The molecule has 0 aromatic rings. The summed E-state index contributed by atoms with van der Waals surface area (Å²) in [6, 6.07) is 0. The number of carbonyl (C=O) groups excluding carboxylic acids is 5. The molecule has 13 nitrogen and oxygen atoms in total. The molecule has 0 amide bonds. The first kappa shape index (κ1) is 50.9. The zero-order valence-corrected chi connectivity index (χ0v) is 43.8. The van der Waals surface area contributed by atoms with E-state index in [1.165, 1.54) is 24.3 Å². The lowest BCUT2D eigenvalue weighted by Gasteiger charge is -2.63. The maximum Gasteiger partial charge on any atom is 0.331 e. The van der Waals surface area contributed by atoms with E-state index in [0.29, 0.717) is 55.3 Å². The topological polar surface area (TPSA) is 181 Å². The fourth-order valence-electron chi connectivity index (χ4n) is 18.5. The number of esters is 3. The van der Waals surface area contributed by atoms with Gasteiger partial charge in [0.2, 0.25) is 0 Å². The molecule has 2 N–H and O–H groups in total. The number of fused-ring (bicyclic) bond motifs is 11. The maximum atomic E-state index is 12.7. The minimum atomic E-state index is -0.990. The Morgan fingerprint density at radius 2 is 1.56 bits per heavy atom. The van der Waals surface area contributed by atoms with Gasteiger partial charge in [0.1, 0.15) is 24.4 Å². The number of thioether (sulfide) groups is 1. The van der Waals surface area contributed by atoms with Gasteiger partial charge in [-0.05, 0) is 155 Å². The molecule has 8 aliphatic carbocycles. The van der Waals surface area contributed by atoms with Crippen molar-refractivity contribution in [2.45, 2.75) is 217 Å². The SMILES string of the molecule is CC(=O)S[C@@H]1CC2=CC(=O)CC[C@]2(C)[C@H]2CC[C@@]3(C)[C@@H](CC[C@@]34CCC(=O)O4)[C@H]12.CO[C@H]1C[C@H](O[C@H]2CC[C@@]3(C)[C@H](CC[C@@H]4[C@@H]3CC[C@]3(C)[C@@H](C5=CC(=O)OC5)[C@@H](OC(C)=O)C[C@]43O)C2)O[C@@H](C)[C@@H]1O. The molecule has 388 valence electrons. The van der Waals surface area contributed by atoms with Crippen molar-refractivity contribution in [3.8, 4) is 0 Å². The van der Waals surface area contributed by atoms with Crippen LogP contribution in [0.1, 0.15) is 164 Å². The van der Waals surface area contributed by atoms with Crippen LogP contribution in [0.25, 0.3) is 0 Å². The highest BCUT2D eigenvalue weighted by Crippen LogP contribution is 2.72. The van der Waals surface area contributed by atoms with Gasteiger partial charge in [-0.1, -0.05) is 45.0 Å². The number of hydrogen-bond acceptors (Lipinski definition) is 14. The summed E-state index contributed by atoms with van der Waals surface area (Å²) in [7, 11) is 1.62. The van der Waals surface area contributed by atoms with Crippen molar-refractivity contribution in [2.24, 2.45) is 63.1 Å². The van der Waals surface area contributed by atoms with E-state index in [-0.39, 0.29) is 98.9 Å². The average Bonchev–Trinajstić information content (AvgIpc) is 4.03. The zero-order valence-electron chi connectivity index (χ0n) is 43.0. The fraction of sp³-hybridized carbons (Fsp3) is 0.839. The van der Waals surface area contributed by atoms with Gasteiger partial charge in [-0.2, -0.15) is 0 Å². The van der Waals surface area contributed by atoms with Crippen LogP contribution in [0.15, 0.2) is 23.3 Å². The van der Waals surface area contributed by atoms with Crippen molar-refractivity contribution in [2.75, 3.05) is 13.7 Å². The van der Waals surface area contributed by atoms with E-state index in [0.717, 1.165) is 95.5 Å². The molecule has 14 heteroatoms. The first-order valence-corrected chi connectivity index (χ1v) is 27.9. The number of cyclic esters (lactones) is 1. The lowest BCUT2D eigenvalue weighted by molar-refractivity contribution is -0.273. The summed E-state index contributed by atoms with van der Waals surface area (Å²) in [6.07, 6.45) is 17.2. The molecule has 3 heterocycles. The zero-order chi connectivity index (χ0) is 49.9. The van der Waals surface area contributed by atoms with Crippen molar-refractivity contribution in [3.63, 3.8) is 0 Å². The molecule has 9 fully saturated rings.